The molecule has 0 aliphatic heterocycles. The van der Waals surface area contributed by atoms with Gasteiger partial charge in [-0.25, -0.2) is 9.55 Å². The maximum atomic E-state index is 11.9. The van der Waals surface area contributed by atoms with E-state index in [0.29, 0.717) is 0 Å². The van der Waals surface area contributed by atoms with Gasteiger partial charge in [-0.3, -0.25) is 4.79 Å². The normalized spacial score (nSPS) is 10.5. The van der Waals surface area contributed by atoms with Gasteiger partial charge in [0, 0.05) is 6.20 Å². The first-order chi connectivity index (χ1) is 5.13. The summed E-state index contributed by atoms with van der Waals surface area (Å²) in [5.74, 6) is 0. The number of nitrogens with zero attached hydrogens (tertiary/aromatic N) is 2. The maximum Gasteiger partial charge on any atom is 0.322 e. The van der Waals surface area contributed by atoms with Crippen LogP contribution in [-0.4, -0.2) is 9.55 Å². The van der Waals surface area contributed by atoms with E-state index in [1.807, 2.05) is 0 Å². The Hall–Kier alpha value is -0.780. The molecule has 1 aromatic heterocycles. The van der Waals surface area contributed by atoms with Gasteiger partial charge in [-0.1, -0.05) is 0 Å². The van der Waals surface area contributed by atoms with Crippen molar-refractivity contribution in [3.05, 3.63) is 27.4 Å². The van der Waals surface area contributed by atoms with Gasteiger partial charge in [-0.2, -0.15) is 8.78 Å². The van der Waals surface area contributed by atoms with Crippen molar-refractivity contribution in [3.63, 3.8) is 0 Å². The summed E-state index contributed by atoms with van der Waals surface area (Å²) in [6.07, 6.45) is 1.96. The Balaban J connectivity index is 3.28. The molecule has 1 rings (SSSR count). The van der Waals surface area contributed by atoms with Crippen molar-refractivity contribution in [1.29, 1.82) is 0 Å². The lowest BCUT2D eigenvalue weighted by molar-refractivity contribution is 0.0648. The van der Waals surface area contributed by atoms with Crippen LogP contribution in [0, 0.1) is 0 Å². The zero-order chi connectivity index (χ0) is 8.43. The van der Waals surface area contributed by atoms with Crippen LogP contribution in [0.15, 0.2) is 21.8 Å². The fourth-order valence-corrected chi connectivity index (χ4v) is 0.864. The third kappa shape index (κ3) is 1.62. The van der Waals surface area contributed by atoms with Crippen molar-refractivity contribution in [3.8, 4) is 0 Å². The summed E-state index contributed by atoms with van der Waals surface area (Å²) in [6.45, 7) is -2.84. The molecule has 60 valence electrons. The van der Waals surface area contributed by atoms with Gasteiger partial charge in [-0.15, -0.1) is 0 Å². The zero-order valence-electron chi connectivity index (χ0n) is 5.17. The van der Waals surface area contributed by atoms with Gasteiger partial charge >= 0.3 is 6.55 Å². The molecule has 0 saturated heterocycles. The van der Waals surface area contributed by atoms with Crippen molar-refractivity contribution in [2.24, 2.45) is 0 Å². The van der Waals surface area contributed by atoms with Crippen LogP contribution in [0.4, 0.5) is 8.78 Å². The second kappa shape index (κ2) is 3.08. The lowest BCUT2D eigenvalue weighted by Crippen LogP contribution is -2.21. The summed E-state index contributed by atoms with van der Waals surface area (Å²) in [6, 6.07) is 0. The van der Waals surface area contributed by atoms with Gasteiger partial charge in [0.1, 0.15) is 10.8 Å². The van der Waals surface area contributed by atoms with E-state index in [-0.39, 0.29) is 9.04 Å². The molecule has 3 nitrogen and oxygen atoms in total. The van der Waals surface area contributed by atoms with Gasteiger partial charge in [0.15, 0.2) is 0 Å². The first-order valence-corrected chi connectivity index (χ1v) is 3.42. The van der Waals surface area contributed by atoms with Crippen LogP contribution >= 0.6 is 15.9 Å². The molecular formula is C5H3BrF2N2O. The predicted molar refractivity (Wildman–Crippen MR) is 37.5 cm³/mol. The van der Waals surface area contributed by atoms with Crippen molar-refractivity contribution in [2.45, 2.75) is 6.55 Å². The van der Waals surface area contributed by atoms with Gasteiger partial charge in [0.05, 0.1) is 0 Å². The van der Waals surface area contributed by atoms with Crippen LogP contribution < -0.4 is 5.56 Å². The molecule has 0 unspecified atom stereocenters. The van der Waals surface area contributed by atoms with E-state index in [9.17, 15) is 13.6 Å². The summed E-state index contributed by atoms with van der Waals surface area (Å²) in [4.78, 5) is 14.2. The van der Waals surface area contributed by atoms with E-state index in [2.05, 4.69) is 20.9 Å². The molecule has 0 aromatic carbocycles. The van der Waals surface area contributed by atoms with Crippen molar-refractivity contribution >= 4 is 15.9 Å². The molecule has 11 heavy (non-hydrogen) atoms. The molecule has 0 bridgehead atoms. The minimum atomic E-state index is -2.84. The van der Waals surface area contributed by atoms with Crippen molar-refractivity contribution < 1.29 is 8.78 Å². The molecule has 0 amide bonds. The SMILES string of the molecule is O=c1c(Br)cncn1C(F)F. The highest BCUT2D eigenvalue weighted by Crippen LogP contribution is 2.06. The molecule has 0 aliphatic carbocycles. The summed E-state index contributed by atoms with van der Waals surface area (Å²) in [5.41, 5.74) is -0.782. The first kappa shape index (κ1) is 8.32. The second-order valence-electron chi connectivity index (χ2n) is 1.73. The highest BCUT2D eigenvalue weighted by molar-refractivity contribution is 9.10. The molecule has 0 N–H and O–H groups in total. The van der Waals surface area contributed by atoms with Gasteiger partial charge in [-0.05, 0) is 15.9 Å². The van der Waals surface area contributed by atoms with Crippen LogP contribution in [0.1, 0.15) is 6.55 Å². The molecular weight excluding hydrogens is 222 g/mol. The van der Waals surface area contributed by atoms with Crippen LogP contribution in [0.3, 0.4) is 0 Å². The predicted octanol–water partition coefficient (Wildman–Crippen LogP) is 1.40. The Morgan fingerprint density at radius 3 is 2.73 bits per heavy atom. The Kier molecular flexibility index (Phi) is 2.33. The summed E-state index contributed by atoms with van der Waals surface area (Å²) in [5, 5.41) is 0. The molecule has 0 radical (unpaired) electrons. The molecule has 0 spiro atoms. The van der Waals surface area contributed by atoms with Crippen molar-refractivity contribution in [1.82, 2.24) is 9.55 Å². The van der Waals surface area contributed by atoms with Gasteiger partial charge < -0.3 is 0 Å². The molecule has 1 aromatic rings. The van der Waals surface area contributed by atoms with E-state index in [1.54, 1.807) is 0 Å². The number of hydrogen-bond acceptors (Lipinski definition) is 2. The Labute approximate surface area is 68.8 Å². The smallest absolute Gasteiger partial charge is 0.268 e. The third-order valence-electron chi connectivity index (χ3n) is 1.03. The fraction of sp³-hybridized carbons (Fsp3) is 0.200. The minimum Gasteiger partial charge on any atom is -0.268 e. The number of halogens is 3. The van der Waals surface area contributed by atoms with E-state index >= 15 is 0 Å². The lowest BCUT2D eigenvalue weighted by Gasteiger charge is -2.01. The number of alkyl halides is 2. The Morgan fingerprint density at radius 2 is 2.27 bits per heavy atom. The Bertz CT molecular complexity index is 312. The van der Waals surface area contributed by atoms with E-state index in [4.69, 9.17) is 0 Å². The van der Waals surface area contributed by atoms with Crippen LogP contribution in [0.2, 0.25) is 0 Å². The van der Waals surface area contributed by atoms with Crippen molar-refractivity contribution in [2.75, 3.05) is 0 Å². The number of rotatable bonds is 1. The maximum absolute atomic E-state index is 11.9. The molecule has 6 heteroatoms. The number of hydrogen-bond donors (Lipinski definition) is 0. The quantitative estimate of drug-likeness (QED) is 0.723. The standard InChI is InChI=1S/C5H3BrF2N2O/c6-3-1-9-2-10(4(3)11)5(7)8/h1-2,5H. The number of aromatic nitrogens is 2. The van der Waals surface area contributed by atoms with E-state index in [1.165, 1.54) is 6.20 Å². The molecule has 0 atom stereocenters. The fourth-order valence-electron chi connectivity index (χ4n) is 0.541. The molecule has 0 aliphatic rings. The van der Waals surface area contributed by atoms with Gasteiger partial charge in [0.25, 0.3) is 5.56 Å². The zero-order valence-corrected chi connectivity index (χ0v) is 6.75. The average molecular weight is 225 g/mol. The average Bonchev–Trinajstić information content (AvgIpc) is 1.94. The first-order valence-electron chi connectivity index (χ1n) is 2.62. The highest BCUT2D eigenvalue weighted by atomic mass is 79.9. The monoisotopic (exact) mass is 224 g/mol. The van der Waals surface area contributed by atoms with Gasteiger partial charge in [0.2, 0.25) is 0 Å². The second-order valence-corrected chi connectivity index (χ2v) is 2.59. The Morgan fingerprint density at radius 1 is 1.64 bits per heavy atom. The minimum absolute atomic E-state index is 0.0281. The topological polar surface area (TPSA) is 34.9 Å². The summed E-state index contributed by atoms with van der Waals surface area (Å²) < 4.78 is 24.1. The summed E-state index contributed by atoms with van der Waals surface area (Å²) >= 11 is 2.79. The highest BCUT2D eigenvalue weighted by Gasteiger charge is 2.08. The van der Waals surface area contributed by atoms with Crippen LogP contribution in [-0.2, 0) is 0 Å². The lowest BCUT2D eigenvalue weighted by atomic mass is 10.6. The van der Waals surface area contributed by atoms with Crippen LogP contribution in [0.25, 0.3) is 0 Å². The summed E-state index contributed by atoms with van der Waals surface area (Å²) in [7, 11) is 0. The largest absolute Gasteiger partial charge is 0.322 e. The molecule has 0 saturated carbocycles. The van der Waals surface area contributed by atoms with E-state index in [0.717, 1.165) is 6.33 Å². The van der Waals surface area contributed by atoms with E-state index < -0.39 is 12.1 Å². The third-order valence-corrected chi connectivity index (χ3v) is 1.57. The molecule has 0 fully saturated rings. The van der Waals surface area contributed by atoms with Crippen LogP contribution in [0.5, 0.6) is 0 Å². The molecule has 1 heterocycles.